The van der Waals surface area contributed by atoms with Gasteiger partial charge in [-0.3, -0.25) is 9.59 Å². The Bertz CT molecular complexity index is 279. The molecule has 1 aliphatic heterocycles. The third-order valence-electron chi connectivity index (χ3n) is 2.90. The Morgan fingerprint density at radius 2 is 2.18 bits per heavy atom. The molecule has 5 nitrogen and oxygen atoms in total. The van der Waals surface area contributed by atoms with Crippen molar-refractivity contribution in [3.63, 3.8) is 0 Å². The monoisotopic (exact) mass is 242 g/mol. The van der Waals surface area contributed by atoms with Crippen molar-refractivity contribution in [2.24, 2.45) is 5.92 Å². The zero-order valence-corrected chi connectivity index (χ0v) is 10.6. The molecule has 1 heterocycles. The Kier molecular flexibility index (Phi) is 5.41. The molecule has 0 unspecified atom stereocenters. The number of rotatable bonds is 5. The van der Waals surface area contributed by atoms with E-state index in [0.29, 0.717) is 31.8 Å². The van der Waals surface area contributed by atoms with E-state index in [4.69, 9.17) is 0 Å². The van der Waals surface area contributed by atoms with Gasteiger partial charge in [0.05, 0.1) is 12.6 Å². The quantitative estimate of drug-likeness (QED) is 0.720. The van der Waals surface area contributed by atoms with Crippen LogP contribution < -0.4 is 5.32 Å². The largest absolute Gasteiger partial charge is 0.391 e. The molecule has 0 saturated carbocycles. The molecule has 0 aromatic heterocycles. The van der Waals surface area contributed by atoms with Gasteiger partial charge in [-0.15, -0.1) is 0 Å². The van der Waals surface area contributed by atoms with Crippen molar-refractivity contribution in [1.82, 2.24) is 10.2 Å². The van der Waals surface area contributed by atoms with E-state index in [9.17, 15) is 14.7 Å². The van der Waals surface area contributed by atoms with E-state index in [2.05, 4.69) is 19.2 Å². The van der Waals surface area contributed by atoms with Crippen LogP contribution in [0.4, 0.5) is 0 Å². The molecule has 0 aromatic carbocycles. The van der Waals surface area contributed by atoms with Crippen LogP contribution in [0.2, 0.25) is 0 Å². The summed E-state index contributed by atoms with van der Waals surface area (Å²) >= 11 is 0. The van der Waals surface area contributed by atoms with Gasteiger partial charge in [-0.2, -0.15) is 0 Å². The molecule has 0 bridgehead atoms. The van der Waals surface area contributed by atoms with Gasteiger partial charge in [0.1, 0.15) is 0 Å². The normalized spacial score (nSPS) is 19.8. The summed E-state index contributed by atoms with van der Waals surface area (Å²) in [6, 6.07) is 0. The fourth-order valence-electron chi connectivity index (χ4n) is 1.76. The van der Waals surface area contributed by atoms with E-state index in [1.807, 2.05) is 0 Å². The first-order valence-corrected chi connectivity index (χ1v) is 6.21. The number of likely N-dealkylation sites (tertiary alicyclic amines) is 1. The number of aliphatic hydroxyl groups excluding tert-OH is 1. The van der Waals surface area contributed by atoms with Crippen molar-refractivity contribution < 1.29 is 14.7 Å². The zero-order chi connectivity index (χ0) is 12.8. The highest BCUT2D eigenvalue weighted by Gasteiger charge is 2.24. The van der Waals surface area contributed by atoms with E-state index < -0.39 is 6.10 Å². The molecule has 5 heteroatoms. The Morgan fingerprint density at radius 1 is 1.47 bits per heavy atom. The van der Waals surface area contributed by atoms with E-state index in [-0.39, 0.29) is 18.4 Å². The van der Waals surface area contributed by atoms with Gasteiger partial charge in [0, 0.05) is 19.5 Å². The first-order valence-electron chi connectivity index (χ1n) is 6.21. The average Bonchev–Trinajstić information content (AvgIpc) is 2.70. The molecule has 2 amide bonds. The highest BCUT2D eigenvalue weighted by molar-refractivity contribution is 5.84. The topological polar surface area (TPSA) is 69.6 Å². The van der Waals surface area contributed by atoms with Gasteiger partial charge in [0.2, 0.25) is 11.8 Å². The lowest BCUT2D eigenvalue weighted by molar-refractivity contribution is -0.132. The second-order valence-corrected chi connectivity index (χ2v) is 4.99. The fraction of sp³-hybridized carbons (Fsp3) is 0.833. The number of amides is 2. The average molecular weight is 242 g/mol. The maximum absolute atomic E-state index is 11.6. The molecule has 0 aliphatic carbocycles. The molecule has 17 heavy (non-hydrogen) atoms. The van der Waals surface area contributed by atoms with Gasteiger partial charge in [-0.1, -0.05) is 13.8 Å². The SMILES string of the molecule is CC(C)CCC(=O)NCC(=O)N1CC[C@@H](O)C1. The summed E-state index contributed by atoms with van der Waals surface area (Å²) < 4.78 is 0. The van der Waals surface area contributed by atoms with Crippen LogP contribution in [0.15, 0.2) is 0 Å². The summed E-state index contributed by atoms with van der Waals surface area (Å²) in [5, 5.41) is 11.9. The summed E-state index contributed by atoms with van der Waals surface area (Å²) in [5.41, 5.74) is 0. The van der Waals surface area contributed by atoms with E-state index >= 15 is 0 Å². The minimum atomic E-state index is -0.407. The second kappa shape index (κ2) is 6.59. The number of carbonyl (C=O) groups excluding carboxylic acids is 2. The van der Waals surface area contributed by atoms with Gasteiger partial charge in [0.25, 0.3) is 0 Å². The van der Waals surface area contributed by atoms with E-state index in [1.54, 1.807) is 4.90 Å². The van der Waals surface area contributed by atoms with Crippen LogP contribution in [0.25, 0.3) is 0 Å². The number of nitrogens with one attached hydrogen (secondary N) is 1. The predicted molar refractivity (Wildman–Crippen MR) is 64.3 cm³/mol. The van der Waals surface area contributed by atoms with Crippen LogP contribution in [0.5, 0.6) is 0 Å². The maximum Gasteiger partial charge on any atom is 0.242 e. The van der Waals surface area contributed by atoms with Gasteiger partial charge in [0.15, 0.2) is 0 Å². The summed E-state index contributed by atoms with van der Waals surface area (Å²) in [7, 11) is 0. The first kappa shape index (κ1) is 14.0. The van der Waals surface area contributed by atoms with Crippen molar-refractivity contribution in [1.29, 1.82) is 0 Å². The number of hydrogen-bond donors (Lipinski definition) is 2. The number of hydrogen-bond acceptors (Lipinski definition) is 3. The molecule has 1 aliphatic rings. The Morgan fingerprint density at radius 3 is 2.71 bits per heavy atom. The van der Waals surface area contributed by atoms with Crippen molar-refractivity contribution in [3.05, 3.63) is 0 Å². The van der Waals surface area contributed by atoms with Crippen LogP contribution in [-0.2, 0) is 9.59 Å². The smallest absolute Gasteiger partial charge is 0.242 e. The molecule has 0 radical (unpaired) electrons. The first-order chi connectivity index (χ1) is 7.99. The highest BCUT2D eigenvalue weighted by Crippen LogP contribution is 2.08. The second-order valence-electron chi connectivity index (χ2n) is 4.99. The van der Waals surface area contributed by atoms with Crippen molar-refractivity contribution in [3.8, 4) is 0 Å². The minimum Gasteiger partial charge on any atom is -0.391 e. The molecule has 98 valence electrons. The van der Waals surface area contributed by atoms with Crippen molar-refractivity contribution >= 4 is 11.8 Å². The van der Waals surface area contributed by atoms with Crippen LogP contribution in [0.3, 0.4) is 0 Å². The third kappa shape index (κ3) is 5.17. The fourth-order valence-corrected chi connectivity index (χ4v) is 1.76. The van der Waals surface area contributed by atoms with Crippen LogP contribution in [0, 0.1) is 5.92 Å². The predicted octanol–water partition coefficient (Wildman–Crippen LogP) is 0.132. The van der Waals surface area contributed by atoms with E-state index in [0.717, 1.165) is 6.42 Å². The summed E-state index contributed by atoms with van der Waals surface area (Å²) in [6.45, 7) is 5.14. The number of carbonyl (C=O) groups is 2. The van der Waals surface area contributed by atoms with Crippen molar-refractivity contribution in [2.75, 3.05) is 19.6 Å². The highest BCUT2D eigenvalue weighted by atomic mass is 16.3. The molecule has 1 fully saturated rings. The molecule has 1 rings (SSSR count). The van der Waals surface area contributed by atoms with Crippen LogP contribution in [0.1, 0.15) is 33.1 Å². The number of aliphatic hydroxyl groups is 1. The molecular formula is C12H22N2O3. The standard InChI is InChI=1S/C12H22N2O3/c1-9(2)3-4-11(16)13-7-12(17)14-6-5-10(15)8-14/h9-10,15H,3-8H2,1-2H3,(H,13,16)/t10-/m1/s1. The summed E-state index contributed by atoms with van der Waals surface area (Å²) in [4.78, 5) is 24.6. The number of nitrogens with zero attached hydrogens (tertiary/aromatic N) is 1. The lowest BCUT2D eigenvalue weighted by Gasteiger charge is -2.15. The van der Waals surface area contributed by atoms with Crippen molar-refractivity contribution in [2.45, 2.75) is 39.2 Å². The lowest BCUT2D eigenvalue weighted by Crippen LogP contribution is -2.39. The van der Waals surface area contributed by atoms with E-state index in [1.165, 1.54) is 0 Å². The molecule has 2 N–H and O–H groups in total. The van der Waals surface area contributed by atoms with Gasteiger partial charge >= 0.3 is 0 Å². The Labute approximate surface area is 102 Å². The minimum absolute atomic E-state index is 0.0453. The summed E-state index contributed by atoms with van der Waals surface area (Å²) in [5.74, 6) is 0.302. The lowest BCUT2D eigenvalue weighted by atomic mass is 10.1. The van der Waals surface area contributed by atoms with Gasteiger partial charge < -0.3 is 15.3 Å². The molecule has 1 atom stereocenters. The molecule has 0 spiro atoms. The number of β-amino-alcohol motifs (C(OH)–C–C–N with tert-alkyl or cyclic N) is 1. The third-order valence-corrected chi connectivity index (χ3v) is 2.90. The molecule has 1 saturated heterocycles. The van der Waals surface area contributed by atoms with Crippen LogP contribution >= 0.6 is 0 Å². The van der Waals surface area contributed by atoms with Crippen LogP contribution in [-0.4, -0.2) is 47.6 Å². The van der Waals surface area contributed by atoms with Gasteiger partial charge in [-0.25, -0.2) is 0 Å². The molecule has 0 aromatic rings. The zero-order valence-electron chi connectivity index (χ0n) is 10.6. The Balaban J connectivity index is 2.17. The summed E-state index contributed by atoms with van der Waals surface area (Å²) in [6.07, 6.45) is 1.53. The maximum atomic E-state index is 11.6. The Hall–Kier alpha value is -1.10. The molecular weight excluding hydrogens is 220 g/mol. The van der Waals surface area contributed by atoms with Gasteiger partial charge in [-0.05, 0) is 18.8 Å².